The smallest absolute Gasteiger partial charge is 0.326 e. The van der Waals surface area contributed by atoms with Gasteiger partial charge in [0.1, 0.15) is 6.04 Å². The molecule has 0 bridgehead atoms. The van der Waals surface area contributed by atoms with E-state index in [0.717, 1.165) is 64.2 Å². The first-order chi connectivity index (χ1) is 14.3. The van der Waals surface area contributed by atoms with Crippen LogP contribution >= 0.6 is 0 Å². The van der Waals surface area contributed by atoms with Crippen LogP contribution in [0.1, 0.15) is 90.4 Å². The Kier molecular flexibility index (Phi) is 17.5. The van der Waals surface area contributed by atoms with Gasteiger partial charge in [-0.05, 0) is 58.3 Å². The van der Waals surface area contributed by atoms with Crippen molar-refractivity contribution >= 4 is 17.8 Å². The summed E-state index contributed by atoms with van der Waals surface area (Å²) < 4.78 is 0. The first-order valence-corrected chi connectivity index (χ1v) is 11.1. The quantitative estimate of drug-likeness (QED) is 0.186. The molecule has 0 fully saturated rings. The maximum absolute atomic E-state index is 11.8. The van der Waals surface area contributed by atoms with E-state index in [-0.39, 0.29) is 24.9 Å². The van der Waals surface area contributed by atoms with Crippen molar-refractivity contribution in [3.8, 4) is 0 Å². The molecule has 0 aliphatic heterocycles. The lowest BCUT2D eigenvalue weighted by molar-refractivity contribution is -0.142. The molecule has 2 atom stereocenters. The Hall–Kier alpha value is -2.15. The van der Waals surface area contributed by atoms with Crippen LogP contribution in [-0.4, -0.2) is 40.1 Å². The third kappa shape index (κ3) is 19.2. The SMILES string of the molecule is CC(O)CCCC=CCC=CCCCCCCCC(=O)N[C@@H](CCC(N)=O)C(=O)O. The second-order valence-corrected chi connectivity index (χ2v) is 7.73. The lowest BCUT2D eigenvalue weighted by atomic mass is 10.1. The van der Waals surface area contributed by atoms with Crippen LogP contribution in [0.15, 0.2) is 24.3 Å². The molecule has 0 heterocycles. The summed E-state index contributed by atoms with van der Waals surface area (Å²) in [6.07, 6.45) is 18.6. The number of carboxylic acid groups (broad SMARTS) is 1. The van der Waals surface area contributed by atoms with E-state index in [4.69, 9.17) is 15.9 Å². The van der Waals surface area contributed by atoms with Crippen LogP contribution in [0, 0.1) is 0 Å². The molecule has 1 unspecified atom stereocenters. The van der Waals surface area contributed by atoms with Crippen LogP contribution in [0.5, 0.6) is 0 Å². The van der Waals surface area contributed by atoms with E-state index in [1.54, 1.807) is 0 Å². The van der Waals surface area contributed by atoms with Gasteiger partial charge in [-0.2, -0.15) is 0 Å². The molecule has 0 aromatic rings. The lowest BCUT2D eigenvalue weighted by Crippen LogP contribution is -2.41. The minimum absolute atomic E-state index is 0.0166. The molecule has 0 aliphatic carbocycles. The molecule has 0 aliphatic rings. The number of aliphatic carboxylic acids is 1. The number of nitrogens with two attached hydrogens (primary N) is 1. The van der Waals surface area contributed by atoms with Gasteiger partial charge in [0.05, 0.1) is 6.10 Å². The van der Waals surface area contributed by atoms with E-state index in [1.165, 1.54) is 0 Å². The van der Waals surface area contributed by atoms with Gasteiger partial charge in [-0.3, -0.25) is 9.59 Å². The van der Waals surface area contributed by atoms with E-state index in [2.05, 4.69) is 29.6 Å². The first kappa shape index (κ1) is 27.8. The summed E-state index contributed by atoms with van der Waals surface area (Å²) in [4.78, 5) is 33.7. The van der Waals surface area contributed by atoms with Gasteiger partial charge in [-0.25, -0.2) is 4.79 Å². The maximum atomic E-state index is 11.8. The third-order valence-electron chi connectivity index (χ3n) is 4.69. The molecule has 0 aromatic heterocycles. The van der Waals surface area contributed by atoms with E-state index in [1.807, 2.05) is 6.92 Å². The zero-order chi connectivity index (χ0) is 22.6. The van der Waals surface area contributed by atoms with E-state index >= 15 is 0 Å². The molecular weight excluding hydrogens is 384 g/mol. The van der Waals surface area contributed by atoms with Crippen molar-refractivity contribution in [2.75, 3.05) is 0 Å². The number of carbonyl (C=O) groups is 3. The number of aliphatic hydroxyl groups is 1. The van der Waals surface area contributed by atoms with Gasteiger partial charge in [0.25, 0.3) is 0 Å². The van der Waals surface area contributed by atoms with Crippen LogP contribution in [0.3, 0.4) is 0 Å². The second-order valence-electron chi connectivity index (χ2n) is 7.73. The van der Waals surface area contributed by atoms with Crippen LogP contribution in [0.2, 0.25) is 0 Å². The molecule has 172 valence electrons. The molecule has 5 N–H and O–H groups in total. The monoisotopic (exact) mass is 424 g/mol. The Balaban J connectivity index is 3.61. The number of amides is 2. The minimum atomic E-state index is -1.15. The normalized spacial score (nSPS) is 13.5. The number of hydrogen-bond acceptors (Lipinski definition) is 4. The highest BCUT2D eigenvalue weighted by Gasteiger charge is 2.20. The van der Waals surface area contributed by atoms with Gasteiger partial charge in [-0.15, -0.1) is 0 Å². The fourth-order valence-electron chi connectivity index (χ4n) is 2.93. The predicted molar refractivity (Wildman–Crippen MR) is 119 cm³/mol. The molecule has 0 aromatic carbocycles. The average molecular weight is 425 g/mol. The fourth-order valence-corrected chi connectivity index (χ4v) is 2.93. The molecule has 30 heavy (non-hydrogen) atoms. The summed E-state index contributed by atoms with van der Waals surface area (Å²) in [5.74, 6) is -2.02. The number of unbranched alkanes of at least 4 members (excludes halogenated alkanes) is 6. The average Bonchev–Trinajstić information content (AvgIpc) is 2.67. The van der Waals surface area contributed by atoms with Gasteiger partial charge >= 0.3 is 5.97 Å². The van der Waals surface area contributed by atoms with Crippen molar-refractivity contribution in [1.82, 2.24) is 5.32 Å². The molecule has 7 heteroatoms. The maximum Gasteiger partial charge on any atom is 0.326 e. The van der Waals surface area contributed by atoms with E-state index in [9.17, 15) is 14.4 Å². The number of allylic oxidation sites excluding steroid dienone is 4. The summed E-state index contributed by atoms with van der Waals surface area (Å²) in [7, 11) is 0. The summed E-state index contributed by atoms with van der Waals surface area (Å²) in [5.41, 5.74) is 5.02. The zero-order valence-electron chi connectivity index (χ0n) is 18.4. The Morgan fingerprint density at radius 3 is 2.07 bits per heavy atom. The highest BCUT2D eigenvalue weighted by Crippen LogP contribution is 2.09. The van der Waals surface area contributed by atoms with Crippen molar-refractivity contribution in [3.05, 3.63) is 24.3 Å². The van der Waals surface area contributed by atoms with Crippen LogP contribution < -0.4 is 11.1 Å². The molecular formula is C23H40N2O5. The third-order valence-corrected chi connectivity index (χ3v) is 4.69. The second kappa shape index (κ2) is 18.9. The Morgan fingerprint density at radius 1 is 0.867 bits per heavy atom. The van der Waals surface area contributed by atoms with Crippen molar-refractivity contribution < 1.29 is 24.6 Å². The fraction of sp³-hybridized carbons (Fsp3) is 0.696. The number of carbonyl (C=O) groups excluding carboxylic acids is 2. The summed E-state index contributed by atoms with van der Waals surface area (Å²) >= 11 is 0. The number of aliphatic hydroxyl groups excluding tert-OH is 1. The van der Waals surface area contributed by atoms with Crippen LogP contribution in [0.4, 0.5) is 0 Å². The topological polar surface area (TPSA) is 130 Å². The molecule has 0 rings (SSSR count). The zero-order valence-corrected chi connectivity index (χ0v) is 18.4. The molecule has 0 spiro atoms. The molecule has 7 nitrogen and oxygen atoms in total. The Morgan fingerprint density at radius 2 is 1.47 bits per heavy atom. The van der Waals surface area contributed by atoms with Gasteiger partial charge < -0.3 is 21.3 Å². The van der Waals surface area contributed by atoms with Crippen LogP contribution in [0.25, 0.3) is 0 Å². The molecule has 2 amide bonds. The van der Waals surface area contributed by atoms with E-state index in [0.29, 0.717) is 6.42 Å². The standard InChI is InChI=1S/C23H40N2O5/c1-19(26)15-13-11-9-7-5-3-2-4-6-8-10-12-14-16-22(28)25-20(23(29)30)17-18-21(24)27/h2-3,7,9,19-20,26H,4-6,8,10-18H2,1H3,(H2,24,27)(H,25,28)(H,29,30)/t19?,20-/m0/s1. The Labute approximate surface area is 180 Å². The molecule has 0 saturated heterocycles. The molecule has 0 saturated carbocycles. The van der Waals surface area contributed by atoms with Gasteiger partial charge in [-0.1, -0.05) is 43.6 Å². The minimum Gasteiger partial charge on any atom is -0.480 e. The van der Waals surface area contributed by atoms with E-state index < -0.39 is 17.9 Å². The highest BCUT2D eigenvalue weighted by molar-refractivity contribution is 5.84. The number of primary amides is 1. The van der Waals surface area contributed by atoms with Crippen molar-refractivity contribution in [3.63, 3.8) is 0 Å². The number of hydrogen-bond donors (Lipinski definition) is 4. The molecule has 0 radical (unpaired) electrons. The summed E-state index contributed by atoms with van der Waals surface area (Å²) in [5, 5.41) is 20.7. The lowest BCUT2D eigenvalue weighted by Gasteiger charge is -2.13. The van der Waals surface area contributed by atoms with Crippen molar-refractivity contribution in [2.24, 2.45) is 5.73 Å². The number of nitrogens with one attached hydrogen (secondary N) is 1. The highest BCUT2D eigenvalue weighted by atomic mass is 16.4. The number of rotatable bonds is 19. The van der Waals surface area contributed by atoms with Crippen LogP contribution in [-0.2, 0) is 14.4 Å². The van der Waals surface area contributed by atoms with Gasteiger partial charge in [0.15, 0.2) is 0 Å². The van der Waals surface area contributed by atoms with Crippen molar-refractivity contribution in [2.45, 2.75) is 103 Å². The Bertz CT molecular complexity index is 544. The largest absolute Gasteiger partial charge is 0.480 e. The van der Waals surface area contributed by atoms with Gasteiger partial charge in [0.2, 0.25) is 11.8 Å². The predicted octanol–water partition coefficient (Wildman–Crippen LogP) is 3.61. The van der Waals surface area contributed by atoms with Crippen molar-refractivity contribution in [1.29, 1.82) is 0 Å². The van der Waals surface area contributed by atoms with Gasteiger partial charge in [0, 0.05) is 12.8 Å². The first-order valence-electron chi connectivity index (χ1n) is 11.1. The summed E-state index contributed by atoms with van der Waals surface area (Å²) in [6.45, 7) is 1.82. The number of carboxylic acids is 1. The summed E-state index contributed by atoms with van der Waals surface area (Å²) in [6, 6.07) is -1.06.